The summed E-state index contributed by atoms with van der Waals surface area (Å²) in [6.07, 6.45) is 6.02. The fourth-order valence-corrected chi connectivity index (χ4v) is 8.61. The van der Waals surface area contributed by atoms with Crippen LogP contribution in [-0.4, -0.2) is 95.6 Å². The molecule has 1 spiro atoms. The van der Waals surface area contributed by atoms with Crippen molar-refractivity contribution in [1.82, 2.24) is 19.4 Å². The minimum Gasteiger partial charge on any atom is -0.444 e. The smallest absolute Gasteiger partial charge is 0.407 e. The van der Waals surface area contributed by atoms with Gasteiger partial charge in [0, 0.05) is 81.0 Å². The van der Waals surface area contributed by atoms with Gasteiger partial charge < -0.3 is 29.4 Å². The zero-order chi connectivity index (χ0) is 33.9. The Morgan fingerprint density at radius 1 is 1.06 bits per heavy atom. The quantitative estimate of drug-likeness (QED) is 0.252. The SMILES string of the molecule is CC(C)(C)OC(=O)NC1CCN(Sc2cccc(CN3CC4(CCN(c5ccc6c(c5)CN(C(C=O)CCC=O)C6=O)CC4)C3)c2)CC1. The van der Waals surface area contributed by atoms with Crippen LogP contribution in [0.2, 0.25) is 0 Å². The summed E-state index contributed by atoms with van der Waals surface area (Å²) in [6.45, 7) is 13.1. The highest BCUT2D eigenvalue weighted by molar-refractivity contribution is 7.97. The minimum absolute atomic E-state index is 0.120. The number of benzene rings is 2. The second-order valence-corrected chi connectivity index (χ2v) is 16.1. The molecule has 2 aromatic carbocycles. The molecule has 2 amide bonds. The van der Waals surface area contributed by atoms with Crippen molar-refractivity contribution in [3.05, 3.63) is 59.2 Å². The Hall–Kier alpha value is -3.41. The zero-order valence-corrected chi connectivity index (χ0v) is 29.3. The monoisotopic (exact) mass is 675 g/mol. The summed E-state index contributed by atoms with van der Waals surface area (Å²) < 4.78 is 7.81. The Morgan fingerprint density at radius 3 is 2.50 bits per heavy atom. The number of likely N-dealkylation sites (tertiary alicyclic amines) is 1. The number of hydrogen-bond acceptors (Lipinski definition) is 9. The molecule has 3 saturated heterocycles. The van der Waals surface area contributed by atoms with Gasteiger partial charge in [0.05, 0.1) is 6.04 Å². The maximum absolute atomic E-state index is 13.0. The summed E-state index contributed by atoms with van der Waals surface area (Å²) in [7, 11) is 0. The molecule has 0 aromatic heterocycles. The molecule has 0 saturated carbocycles. The number of anilines is 1. The van der Waals surface area contributed by atoms with Gasteiger partial charge in [-0.2, -0.15) is 0 Å². The lowest BCUT2D eigenvalue weighted by Crippen LogP contribution is -2.59. The number of amides is 2. The van der Waals surface area contributed by atoms with Crippen molar-refractivity contribution in [1.29, 1.82) is 0 Å². The number of hydrogen-bond donors (Lipinski definition) is 1. The fourth-order valence-electron chi connectivity index (χ4n) is 7.57. The van der Waals surface area contributed by atoms with Gasteiger partial charge in [-0.15, -0.1) is 0 Å². The third-order valence-corrected chi connectivity index (χ3v) is 11.2. The average Bonchev–Trinajstić information content (AvgIpc) is 3.36. The van der Waals surface area contributed by atoms with Crippen molar-refractivity contribution in [3.8, 4) is 0 Å². The molecule has 258 valence electrons. The highest BCUT2D eigenvalue weighted by Crippen LogP contribution is 2.42. The van der Waals surface area contributed by atoms with E-state index >= 15 is 0 Å². The van der Waals surface area contributed by atoms with Crippen LogP contribution < -0.4 is 10.2 Å². The summed E-state index contributed by atoms with van der Waals surface area (Å²) in [5.41, 5.74) is 4.01. The summed E-state index contributed by atoms with van der Waals surface area (Å²) in [5, 5.41) is 3.02. The Morgan fingerprint density at radius 2 is 1.81 bits per heavy atom. The van der Waals surface area contributed by atoms with E-state index in [2.05, 4.69) is 49.8 Å². The second-order valence-electron chi connectivity index (χ2n) is 14.9. The van der Waals surface area contributed by atoms with Crippen LogP contribution in [0.25, 0.3) is 0 Å². The van der Waals surface area contributed by atoms with E-state index in [4.69, 9.17) is 4.74 Å². The number of alkyl carbamates (subject to hydrolysis) is 1. The van der Waals surface area contributed by atoms with Gasteiger partial charge in [-0.05, 0) is 112 Å². The first-order valence-corrected chi connectivity index (χ1v) is 18.1. The van der Waals surface area contributed by atoms with Gasteiger partial charge in [0.2, 0.25) is 0 Å². The van der Waals surface area contributed by atoms with Crippen LogP contribution in [0.15, 0.2) is 47.4 Å². The van der Waals surface area contributed by atoms with E-state index in [0.29, 0.717) is 23.9 Å². The molecule has 11 heteroatoms. The maximum atomic E-state index is 13.0. The number of carbonyl (C=O) groups excluding carboxylic acids is 4. The number of ether oxygens (including phenoxy) is 1. The van der Waals surface area contributed by atoms with Crippen molar-refractivity contribution in [2.24, 2.45) is 5.41 Å². The maximum Gasteiger partial charge on any atom is 0.407 e. The normalized spacial score (nSPS) is 20.7. The Labute approximate surface area is 288 Å². The Kier molecular flexibility index (Phi) is 10.5. The molecule has 1 N–H and O–H groups in total. The molecule has 0 bridgehead atoms. The van der Waals surface area contributed by atoms with E-state index in [9.17, 15) is 19.2 Å². The molecule has 4 heterocycles. The molecule has 48 heavy (non-hydrogen) atoms. The van der Waals surface area contributed by atoms with E-state index in [1.807, 2.05) is 44.9 Å². The van der Waals surface area contributed by atoms with Gasteiger partial charge in [-0.25, -0.2) is 9.10 Å². The lowest BCUT2D eigenvalue weighted by molar-refractivity contribution is -0.112. The van der Waals surface area contributed by atoms with Crippen LogP contribution in [0.1, 0.15) is 80.8 Å². The Bertz CT molecular complexity index is 1490. The second kappa shape index (κ2) is 14.6. The lowest BCUT2D eigenvalue weighted by atomic mass is 9.72. The molecular formula is C37H49N5O5S. The fraction of sp³-hybridized carbons (Fsp3) is 0.568. The third-order valence-electron chi connectivity index (χ3n) is 10.1. The molecule has 6 rings (SSSR count). The number of nitrogens with zero attached hydrogens (tertiary/aromatic N) is 4. The van der Waals surface area contributed by atoms with E-state index in [1.165, 1.54) is 10.5 Å². The van der Waals surface area contributed by atoms with Crippen LogP contribution in [0.4, 0.5) is 10.5 Å². The predicted octanol–water partition coefficient (Wildman–Crippen LogP) is 5.29. The van der Waals surface area contributed by atoms with Crippen molar-refractivity contribution >= 4 is 42.2 Å². The van der Waals surface area contributed by atoms with Crippen LogP contribution in [0.5, 0.6) is 0 Å². The van der Waals surface area contributed by atoms with Crippen molar-refractivity contribution in [2.45, 2.75) is 95.0 Å². The molecule has 3 fully saturated rings. The number of fused-ring (bicyclic) bond motifs is 1. The van der Waals surface area contributed by atoms with Gasteiger partial charge in [-0.1, -0.05) is 12.1 Å². The van der Waals surface area contributed by atoms with Crippen LogP contribution in [0, 0.1) is 5.41 Å². The van der Waals surface area contributed by atoms with E-state index in [0.717, 1.165) is 95.3 Å². The molecule has 1 unspecified atom stereocenters. The van der Waals surface area contributed by atoms with Crippen molar-refractivity contribution < 1.29 is 23.9 Å². The van der Waals surface area contributed by atoms with Crippen LogP contribution in [-0.2, 0) is 27.4 Å². The number of piperidine rings is 2. The summed E-state index contributed by atoms with van der Waals surface area (Å²) in [4.78, 5) is 55.4. The van der Waals surface area contributed by atoms with Crippen molar-refractivity contribution in [3.63, 3.8) is 0 Å². The molecule has 4 aliphatic heterocycles. The number of nitrogens with one attached hydrogen (secondary N) is 1. The van der Waals surface area contributed by atoms with E-state index < -0.39 is 11.6 Å². The van der Waals surface area contributed by atoms with E-state index in [1.54, 1.807) is 4.90 Å². The molecule has 0 aliphatic carbocycles. The zero-order valence-electron chi connectivity index (χ0n) is 28.5. The number of carbonyl (C=O) groups is 4. The molecule has 2 aromatic rings. The van der Waals surface area contributed by atoms with Gasteiger partial charge in [-0.3, -0.25) is 9.69 Å². The third kappa shape index (κ3) is 8.23. The lowest BCUT2D eigenvalue weighted by Gasteiger charge is -2.54. The average molecular weight is 676 g/mol. The minimum atomic E-state index is -0.560. The van der Waals surface area contributed by atoms with Gasteiger partial charge in [0.1, 0.15) is 18.2 Å². The molecular weight excluding hydrogens is 627 g/mol. The van der Waals surface area contributed by atoms with Crippen LogP contribution >= 0.6 is 11.9 Å². The molecule has 0 radical (unpaired) electrons. The molecule has 4 aliphatic rings. The van der Waals surface area contributed by atoms with Gasteiger partial charge >= 0.3 is 6.09 Å². The summed E-state index contributed by atoms with van der Waals surface area (Å²) in [6, 6.07) is 14.6. The highest BCUT2D eigenvalue weighted by Gasteiger charge is 2.44. The standard InChI is InChI=1S/C37H49N5O5S/c1-36(2,3)47-35(46)38-29-11-15-41(16-12-29)48-32-8-4-6-27(20-32)22-39-25-37(26-39)13-17-40(18-14-37)30-9-10-33-28(21-30)23-42(34(33)45)31(24-44)7-5-19-43/h4,6,8-10,19-21,24,29,31H,5,7,11-18,22-23,25-26H2,1-3H3,(H,38,46). The molecule has 10 nitrogen and oxygen atoms in total. The topological polar surface area (TPSA) is 102 Å². The first-order valence-electron chi connectivity index (χ1n) is 17.3. The summed E-state index contributed by atoms with van der Waals surface area (Å²) in [5.74, 6) is -0.120. The first-order chi connectivity index (χ1) is 23.0. The summed E-state index contributed by atoms with van der Waals surface area (Å²) >= 11 is 1.81. The highest BCUT2D eigenvalue weighted by atomic mass is 32.2. The predicted molar refractivity (Wildman–Crippen MR) is 187 cm³/mol. The van der Waals surface area contributed by atoms with Crippen LogP contribution in [0.3, 0.4) is 0 Å². The van der Waals surface area contributed by atoms with E-state index in [-0.39, 0.29) is 24.5 Å². The first kappa shape index (κ1) is 34.5. The number of rotatable bonds is 11. The molecule has 1 atom stereocenters. The van der Waals surface area contributed by atoms with Crippen molar-refractivity contribution in [2.75, 3.05) is 44.2 Å². The number of aldehydes is 2. The Balaban J connectivity index is 0.938. The van der Waals surface area contributed by atoms with Gasteiger partial charge in [0.15, 0.2) is 0 Å². The largest absolute Gasteiger partial charge is 0.444 e. The van der Waals surface area contributed by atoms with Gasteiger partial charge in [0.25, 0.3) is 5.91 Å².